The van der Waals surface area contributed by atoms with Crippen LogP contribution < -0.4 is 11.5 Å². The van der Waals surface area contributed by atoms with Gasteiger partial charge in [-0.05, 0) is 6.07 Å². The monoisotopic (exact) mass is 241 g/mol. The van der Waals surface area contributed by atoms with Crippen molar-refractivity contribution in [3.05, 3.63) is 38.9 Å². The first-order valence-corrected chi connectivity index (χ1v) is 4.44. The molecule has 0 bridgehead atoms. The zero-order valence-corrected chi connectivity index (χ0v) is 8.76. The van der Waals surface area contributed by atoms with E-state index in [1.54, 1.807) is 0 Å². The highest BCUT2D eigenvalue weighted by Gasteiger charge is 2.07. The summed E-state index contributed by atoms with van der Waals surface area (Å²) in [4.78, 5) is 9.96. The SMILES string of the molecule is NC(N)=N/N=C\c1cc([N+](=O)[O-])ccc1Cl. The van der Waals surface area contributed by atoms with Gasteiger partial charge in [0.15, 0.2) is 0 Å². The fourth-order valence-electron chi connectivity index (χ4n) is 0.901. The summed E-state index contributed by atoms with van der Waals surface area (Å²) >= 11 is 5.79. The molecule has 0 aliphatic carbocycles. The number of rotatable bonds is 3. The van der Waals surface area contributed by atoms with E-state index in [9.17, 15) is 10.1 Å². The van der Waals surface area contributed by atoms with Gasteiger partial charge < -0.3 is 11.5 Å². The summed E-state index contributed by atoms with van der Waals surface area (Å²) in [6, 6.07) is 3.96. The first-order chi connectivity index (χ1) is 7.50. The Labute approximate surface area is 95.6 Å². The summed E-state index contributed by atoms with van der Waals surface area (Å²) < 4.78 is 0. The number of guanidine groups is 1. The molecular weight excluding hydrogens is 234 g/mol. The van der Waals surface area contributed by atoms with Crippen molar-refractivity contribution < 1.29 is 4.92 Å². The van der Waals surface area contributed by atoms with Crippen molar-refractivity contribution in [1.29, 1.82) is 0 Å². The maximum Gasteiger partial charge on any atom is 0.270 e. The molecule has 0 aliphatic heterocycles. The molecule has 1 rings (SSSR count). The Morgan fingerprint density at radius 1 is 1.50 bits per heavy atom. The summed E-state index contributed by atoms with van der Waals surface area (Å²) in [5.41, 5.74) is 10.4. The van der Waals surface area contributed by atoms with Crippen LogP contribution in [-0.2, 0) is 0 Å². The van der Waals surface area contributed by atoms with Crippen LogP contribution in [0.3, 0.4) is 0 Å². The average Bonchev–Trinajstić information content (AvgIpc) is 2.20. The second-order valence-corrected chi connectivity index (χ2v) is 3.14. The fourth-order valence-corrected chi connectivity index (χ4v) is 1.07. The third-order valence-corrected chi connectivity index (χ3v) is 1.90. The van der Waals surface area contributed by atoms with Gasteiger partial charge in [0, 0.05) is 22.7 Å². The van der Waals surface area contributed by atoms with Crippen molar-refractivity contribution in [2.45, 2.75) is 0 Å². The number of halogens is 1. The van der Waals surface area contributed by atoms with E-state index in [4.69, 9.17) is 23.1 Å². The summed E-state index contributed by atoms with van der Waals surface area (Å²) in [6.07, 6.45) is 1.23. The number of non-ortho nitro benzene ring substituents is 1. The first-order valence-electron chi connectivity index (χ1n) is 4.06. The molecule has 0 fully saturated rings. The second-order valence-electron chi connectivity index (χ2n) is 2.73. The molecule has 16 heavy (non-hydrogen) atoms. The summed E-state index contributed by atoms with van der Waals surface area (Å²) in [5.74, 6) is -0.210. The lowest BCUT2D eigenvalue weighted by molar-refractivity contribution is -0.384. The van der Waals surface area contributed by atoms with Gasteiger partial charge in [0.1, 0.15) is 0 Å². The highest BCUT2D eigenvalue weighted by molar-refractivity contribution is 6.33. The Morgan fingerprint density at radius 2 is 2.19 bits per heavy atom. The molecule has 4 N–H and O–H groups in total. The molecular formula is C8H8ClN5O2. The van der Waals surface area contributed by atoms with Crippen molar-refractivity contribution in [2.75, 3.05) is 0 Å². The molecule has 8 heteroatoms. The maximum absolute atomic E-state index is 10.5. The molecule has 1 aromatic carbocycles. The molecule has 0 saturated heterocycles. The van der Waals surface area contributed by atoms with Crippen LogP contribution in [-0.4, -0.2) is 17.1 Å². The molecule has 7 nitrogen and oxygen atoms in total. The Kier molecular flexibility index (Phi) is 3.78. The topological polar surface area (TPSA) is 120 Å². The molecule has 0 aromatic heterocycles. The van der Waals surface area contributed by atoms with Crippen LogP contribution in [0.15, 0.2) is 28.4 Å². The molecule has 0 atom stereocenters. The lowest BCUT2D eigenvalue weighted by Crippen LogP contribution is -2.21. The van der Waals surface area contributed by atoms with E-state index in [0.717, 1.165) is 0 Å². The van der Waals surface area contributed by atoms with E-state index in [2.05, 4.69) is 10.2 Å². The highest BCUT2D eigenvalue weighted by atomic mass is 35.5. The minimum Gasteiger partial charge on any atom is -0.369 e. The molecule has 0 saturated carbocycles. The Bertz CT molecular complexity index is 467. The number of hydrogen-bond acceptors (Lipinski definition) is 4. The summed E-state index contributed by atoms with van der Waals surface area (Å²) in [6.45, 7) is 0. The van der Waals surface area contributed by atoms with Crippen molar-refractivity contribution in [3.8, 4) is 0 Å². The predicted molar refractivity (Wildman–Crippen MR) is 61.5 cm³/mol. The van der Waals surface area contributed by atoms with Crippen molar-refractivity contribution >= 4 is 29.5 Å². The van der Waals surface area contributed by atoms with Gasteiger partial charge in [-0.15, -0.1) is 5.10 Å². The smallest absolute Gasteiger partial charge is 0.270 e. The third-order valence-electron chi connectivity index (χ3n) is 1.56. The van der Waals surface area contributed by atoms with Crippen LogP contribution in [0.25, 0.3) is 0 Å². The van der Waals surface area contributed by atoms with E-state index < -0.39 is 4.92 Å². The number of hydrogen-bond donors (Lipinski definition) is 2. The van der Waals surface area contributed by atoms with E-state index in [1.165, 1.54) is 24.4 Å². The largest absolute Gasteiger partial charge is 0.369 e. The third kappa shape index (κ3) is 3.21. The molecule has 0 radical (unpaired) electrons. The normalized spacial score (nSPS) is 10.3. The van der Waals surface area contributed by atoms with E-state index in [0.29, 0.717) is 10.6 Å². The van der Waals surface area contributed by atoms with Gasteiger partial charge >= 0.3 is 0 Å². The summed E-state index contributed by atoms with van der Waals surface area (Å²) in [5, 5.41) is 17.7. The molecule has 0 aliphatic rings. The van der Waals surface area contributed by atoms with Crippen LogP contribution in [0, 0.1) is 10.1 Å². The second kappa shape index (κ2) is 5.08. The molecule has 84 valence electrons. The zero-order valence-electron chi connectivity index (χ0n) is 8.00. The van der Waals surface area contributed by atoms with E-state index in [-0.39, 0.29) is 11.6 Å². The van der Waals surface area contributed by atoms with Gasteiger partial charge in [0.05, 0.1) is 11.1 Å². The van der Waals surface area contributed by atoms with Crippen molar-refractivity contribution in [2.24, 2.45) is 21.7 Å². The van der Waals surface area contributed by atoms with Crippen LogP contribution in [0.2, 0.25) is 5.02 Å². The van der Waals surface area contributed by atoms with Gasteiger partial charge in [-0.3, -0.25) is 10.1 Å². The maximum atomic E-state index is 10.5. The number of nitro benzene ring substituents is 1. The van der Waals surface area contributed by atoms with Crippen molar-refractivity contribution in [3.63, 3.8) is 0 Å². The van der Waals surface area contributed by atoms with Gasteiger partial charge in [-0.2, -0.15) is 5.10 Å². The van der Waals surface area contributed by atoms with Gasteiger partial charge in [-0.1, -0.05) is 11.6 Å². The number of nitro groups is 1. The average molecular weight is 242 g/mol. The fraction of sp³-hybridized carbons (Fsp3) is 0. The molecule has 0 spiro atoms. The Hall–Kier alpha value is -2.15. The number of nitrogens with two attached hydrogens (primary N) is 2. The molecule has 0 heterocycles. The van der Waals surface area contributed by atoms with E-state index in [1.807, 2.05) is 0 Å². The van der Waals surface area contributed by atoms with Crippen LogP contribution in [0.5, 0.6) is 0 Å². The van der Waals surface area contributed by atoms with Gasteiger partial charge in [0.25, 0.3) is 5.69 Å². The van der Waals surface area contributed by atoms with E-state index >= 15 is 0 Å². The molecule has 1 aromatic rings. The lowest BCUT2D eigenvalue weighted by atomic mass is 10.2. The minimum absolute atomic E-state index is 0.0875. The molecule has 0 unspecified atom stereocenters. The van der Waals surface area contributed by atoms with Crippen LogP contribution in [0.4, 0.5) is 5.69 Å². The van der Waals surface area contributed by atoms with Crippen LogP contribution >= 0.6 is 11.6 Å². The zero-order chi connectivity index (χ0) is 12.1. The minimum atomic E-state index is -0.534. The van der Waals surface area contributed by atoms with Gasteiger partial charge in [0.2, 0.25) is 5.96 Å². The number of nitrogens with zero attached hydrogens (tertiary/aromatic N) is 3. The van der Waals surface area contributed by atoms with Crippen LogP contribution in [0.1, 0.15) is 5.56 Å². The standard InChI is InChI=1S/C8H8ClN5O2/c9-7-2-1-6(14(15)16)3-5(7)4-12-13-8(10)11/h1-4H,(H4,10,11,13)/b12-4-. The Balaban J connectivity index is 3.03. The number of benzene rings is 1. The van der Waals surface area contributed by atoms with Gasteiger partial charge in [-0.25, -0.2) is 0 Å². The Morgan fingerprint density at radius 3 is 2.75 bits per heavy atom. The lowest BCUT2D eigenvalue weighted by Gasteiger charge is -1.96. The highest BCUT2D eigenvalue weighted by Crippen LogP contribution is 2.20. The first kappa shape index (κ1) is 11.9. The van der Waals surface area contributed by atoms with Crippen molar-refractivity contribution in [1.82, 2.24) is 0 Å². The molecule has 0 amide bonds. The quantitative estimate of drug-likeness (QED) is 0.353. The summed E-state index contributed by atoms with van der Waals surface area (Å²) in [7, 11) is 0. The predicted octanol–water partition coefficient (Wildman–Crippen LogP) is 0.856.